The van der Waals surface area contributed by atoms with Gasteiger partial charge in [-0.1, -0.05) is 23.9 Å². The van der Waals surface area contributed by atoms with E-state index in [4.69, 9.17) is 16.2 Å². The molecule has 2 amide bonds. The molecule has 0 aliphatic heterocycles. The summed E-state index contributed by atoms with van der Waals surface area (Å²) < 4.78 is 21.0. The summed E-state index contributed by atoms with van der Waals surface area (Å²) in [6.07, 6.45) is 3.27. The Bertz CT molecular complexity index is 1410. The van der Waals surface area contributed by atoms with E-state index in [0.717, 1.165) is 22.8 Å². The van der Waals surface area contributed by atoms with Crippen LogP contribution in [-0.4, -0.2) is 40.1 Å². The lowest BCUT2D eigenvalue weighted by molar-refractivity contribution is 0.0944. The van der Waals surface area contributed by atoms with Crippen molar-refractivity contribution < 1.29 is 18.7 Å². The maximum Gasteiger partial charge on any atom is 0.274 e. The summed E-state index contributed by atoms with van der Waals surface area (Å²) in [6.45, 7) is 1.20. The lowest BCUT2D eigenvalue weighted by Gasteiger charge is -2.09. The van der Waals surface area contributed by atoms with Crippen LogP contribution < -0.4 is 16.8 Å². The molecule has 2 aromatic carbocycles. The van der Waals surface area contributed by atoms with Crippen molar-refractivity contribution in [1.82, 2.24) is 19.9 Å². The second-order valence-corrected chi connectivity index (χ2v) is 8.65. The fourth-order valence-electron chi connectivity index (χ4n) is 3.59. The molecule has 11 heteroatoms. The number of nitrogens with two attached hydrogens (primary N) is 2. The van der Waals surface area contributed by atoms with Crippen LogP contribution in [0.25, 0.3) is 10.9 Å². The highest BCUT2D eigenvalue weighted by molar-refractivity contribution is 7.99. The first-order chi connectivity index (χ1) is 16.9. The predicted octanol–water partition coefficient (Wildman–Crippen LogP) is 2.98. The molecule has 0 unspecified atom stereocenters. The minimum absolute atomic E-state index is 0.0383. The molecule has 5 N–H and O–H groups in total. The minimum Gasteiger partial charge on any atom is -0.383 e. The van der Waals surface area contributed by atoms with E-state index in [2.05, 4.69) is 15.3 Å². The largest absolute Gasteiger partial charge is 0.383 e. The van der Waals surface area contributed by atoms with Crippen LogP contribution in [0.1, 0.15) is 26.4 Å². The molecule has 0 aliphatic carbocycles. The number of fused-ring (bicyclic) bond motifs is 1. The fraction of sp³-hybridized carbons (Fsp3) is 0.167. The lowest BCUT2D eigenvalue weighted by Crippen LogP contribution is -2.25. The number of amides is 2. The van der Waals surface area contributed by atoms with Gasteiger partial charge in [0.1, 0.15) is 10.8 Å². The molecule has 0 radical (unpaired) electrons. The van der Waals surface area contributed by atoms with Crippen LogP contribution in [-0.2, 0) is 17.8 Å². The van der Waals surface area contributed by atoms with Gasteiger partial charge in [-0.15, -0.1) is 0 Å². The van der Waals surface area contributed by atoms with Crippen molar-refractivity contribution in [3.63, 3.8) is 0 Å². The molecule has 0 saturated carbocycles. The van der Waals surface area contributed by atoms with Gasteiger partial charge in [0.25, 0.3) is 5.91 Å². The number of benzene rings is 2. The zero-order valence-corrected chi connectivity index (χ0v) is 19.6. The summed E-state index contributed by atoms with van der Waals surface area (Å²) in [4.78, 5) is 33.6. The molecular weight excluding hydrogens is 471 g/mol. The number of rotatable bonds is 9. The Morgan fingerprint density at radius 3 is 2.80 bits per heavy atom. The van der Waals surface area contributed by atoms with Crippen LogP contribution in [0, 0.1) is 5.82 Å². The number of halogens is 1. The average Bonchev–Trinajstić information content (AvgIpc) is 3.19. The zero-order valence-electron chi connectivity index (χ0n) is 18.8. The zero-order chi connectivity index (χ0) is 24.9. The van der Waals surface area contributed by atoms with Crippen molar-refractivity contribution in [2.45, 2.75) is 23.0 Å². The van der Waals surface area contributed by atoms with Gasteiger partial charge in [-0.3, -0.25) is 9.59 Å². The summed E-state index contributed by atoms with van der Waals surface area (Å²) in [6, 6.07) is 11.3. The first-order valence-electron chi connectivity index (χ1n) is 10.6. The molecule has 0 fully saturated rings. The van der Waals surface area contributed by atoms with Crippen LogP contribution in [0.3, 0.4) is 0 Å². The van der Waals surface area contributed by atoms with Gasteiger partial charge < -0.3 is 26.1 Å². The molecule has 4 aromatic rings. The number of anilines is 1. The summed E-state index contributed by atoms with van der Waals surface area (Å²) in [5.41, 5.74) is 13.2. The number of primary amides is 1. The van der Waals surface area contributed by atoms with Gasteiger partial charge in [0.05, 0.1) is 18.4 Å². The Labute approximate surface area is 204 Å². The number of ether oxygens (including phenoxy) is 1. The molecule has 35 heavy (non-hydrogen) atoms. The molecule has 0 atom stereocenters. The Morgan fingerprint density at radius 2 is 2.03 bits per heavy atom. The highest BCUT2D eigenvalue weighted by atomic mass is 32.2. The highest BCUT2D eigenvalue weighted by Crippen LogP contribution is 2.29. The first-order valence-corrected chi connectivity index (χ1v) is 11.4. The monoisotopic (exact) mass is 494 g/mol. The maximum atomic E-state index is 13.9. The number of nitrogens with zero attached hydrogens (tertiary/aromatic N) is 3. The Balaban J connectivity index is 1.55. The van der Waals surface area contributed by atoms with Gasteiger partial charge in [-0.2, -0.15) is 0 Å². The summed E-state index contributed by atoms with van der Waals surface area (Å²) >= 11 is 1.14. The standard InChI is InChI=1S/C24H23FN6O3S/c1-34-9-8-31-13-14(17-10-15(25)6-7-18(17)31)11-29-24(33)21-22(26)28-12-20(30-21)35-19-5-3-2-4-16(19)23(27)32/h2-7,10,12-13H,8-9,11H2,1H3,(H2,26,28)(H2,27,32)(H,29,33). The number of hydrogen-bond donors (Lipinski definition) is 3. The Hall–Kier alpha value is -3.96. The van der Waals surface area contributed by atoms with E-state index in [0.29, 0.717) is 34.0 Å². The summed E-state index contributed by atoms with van der Waals surface area (Å²) in [5.74, 6) is -1.51. The van der Waals surface area contributed by atoms with Crippen molar-refractivity contribution in [1.29, 1.82) is 0 Å². The fourth-order valence-corrected chi connectivity index (χ4v) is 4.48. The number of carbonyl (C=O) groups is 2. The van der Waals surface area contributed by atoms with Gasteiger partial charge in [0.15, 0.2) is 11.5 Å². The smallest absolute Gasteiger partial charge is 0.274 e. The summed E-state index contributed by atoms with van der Waals surface area (Å²) in [7, 11) is 1.61. The van der Waals surface area contributed by atoms with E-state index >= 15 is 0 Å². The first kappa shape index (κ1) is 24.2. The minimum atomic E-state index is -0.574. The van der Waals surface area contributed by atoms with Crippen molar-refractivity contribution in [2.24, 2.45) is 5.73 Å². The Morgan fingerprint density at radius 1 is 1.23 bits per heavy atom. The topological polar surface area (TPSA) is 138 Å². The van der Waals surface area contributed by atoms with E-state index in [-0.39, 0.29) is 23.9 Å². The quantitative estimate of drug-likeness (QED) is 0.325. The maximum absolute atomic E-state index is 13.9. The van der Waals surface area contributed by atoms with E-state index in [9.17, 15) is 14.0 Å². The molecule has 0 saturated heterocycles. The van der Waals surface area contributed by atoms with E-state index in [1.165, 1.54) is 18.3 Å². The van der Waals surface area contributed by atoms with Crippen LogP contribution in [0.15, 0.2) is 64.8 Å². The van der Waals surface area contributed by atoms with Crippen molar-refractivity contribution in [3.8, 4) is 0 Å². The van der Waals surface area contributed by atoms with Crippen molar-refractivity contribution in [2.75, 3.05) is 19.5 Å². The molecular formula is C24H23FN6O3S. The number of methoxy groups -OCH3 is 1. The van der Waals surface area contributed by atoms with Crippen molar-refractivity contribution >= 4 is 40.3 Å². The van der Waals surface area contributed by atoms with Gasteiger partial charge in [-0.25, -0.2) is 14.4 Å². The molecule has 2 aromatic heterocycles. The van der Waals surface area contributed by atoms with E-state index in [1.54, 1.807) is 37.4 Å². The normalized spacial score (nSPS) is 11.0. The van der Waals surface area contributed by atoms with Gasteiger partial charge in [-0.05, 0) is 35.9 Å². The second kappa shape index (κ2) is 10.5. The van der Waals surface area contributed by atoms with Crippen LogP contribution in [0.5, 0.6) is 0 Å². The van der Waals surface area contributed by atoms with Gasteiger partial charge in [0, 0.05) is 42.2 Å². The molecule has 0 aliphatic rings. The lowest BCUT2D eigenvalue weighted by atomic mass is 10.1. The van der Waals surface area contributed by atoms with Gasteiger partial charge >= 0.3 is 0 Å². The number of nitrogen functional groups attached to an aromatic ring is 1. The average molecular weight is 495 g/mol. The van der Waals surface area contributed by atoms with E-state index < -0.39 is 11.8 Å². The van der Waals surface area contributed by atoms with Crippen molar-refractivity contribution in [3.05, 3.63) is 77.5 Å². The number of nitrogens with one attached hydrogen (secondary N) is 1. The van der Waals surface area contributed by atoms with Crippen LogP contribution in [0.4, 0.5) is 10.2 Å². The van der Waals surface area contributed by atoms with Crippen LogP contribution in [0.2, 0.25) is 0 Å². The number of hydrogen-bond acceptors (Lipinski definition) is 7. The SMILES string of the molecule is COCCn1cc(CNC(=O)c2nc(Sc3ccccc3C(N)=O)cnc2N)c2cc(F)ccc21. The Kier molecular flexibility index (Phi) is 7.28. The molecule has 2 heterocycles. The van der Waals surface area contributed by atoms with Gasteiger partial charge in [0.2, 0.25) is 5.91 Å². The molecule has 4 rings (SSSR count). The predicted molar refractivity (Wildman–Crippen MR) is 130 cm³/mol. The molecule has 9 nitrogen and oxygen atoms in total. The molecule has 0 bridgehead atoms. The molecule has 0 spiro atoms. The third-order valence-corrected chi connectivity index (χ3v) is 6.24. The highest BCUT2D eigenvalue weighted by Gasteiger charge is 2.17. The molecule has 180 valence electrons. The third kappa shape index (κ3) is 5.42. The third-order valence-electron chi connectivity index (χ3n) is 5.26. The number of carbonyl (C=O) groups excluding carboxylic acids is 2. The second-order valence-electron chi connectivity index (χ2n) is 7.59. The van der Waals surface area contributed by atoms with Crippen LogP contribution >= 0.6 is 11.8 Å². The number of aromatic nitrogens is 3. The summed E-state index contributed by atoms with van der Waals surface area (Å²) in [5, 5.41) is 3.85. The van der Waals surface area contributed by atoms with E-state index in [1.807, 2.05) is 10.8 Å².